The average Bonchev–Trinajstić information content (AvgIpc) is 3.37. The van der Waals surface area contributed by atoms with E-state index in [4.69, 9.17) is 9.47 Å². The zero-order valence-corrected chi connectivity index (χ0v) is 16.2. The van der Waals surface area contributed by atoms with Crippen LogP contribution in [0.2, 0.25) is 0 Å². The Hall–Kier alpha value is -2.64. The predicted molar refractivity (Wildman–Crippen MR) is 108 cm³/mol. The Morgan fingerprint density at radius 2 is 1.93 bits per heavy atom. The highest BCUT2D eigenvalue weighted by Gasteiger charge is 2.27. The Bertz CT molecular complexity index is 1030. The van der Waals surface area contributed by atoms with Crippen LogP contribution >= 0.6 is 11.3 Å². The van der Waals surface area contributed by atoms with Crippen molar-refractivity contribution in [1.29, 1.82) is 0 Å². The minimum atomic E-state index is -0.126. The predicted octanol–water partition coefficient (Wildman–Crippen LogP) is 3.61. The maximum Gasteiger partial charge on any atom is 0.322 e. The summed E-state index contributed by atoms with van der Waals surface area (Å²) in [7, 11) is 0. The first-order valence-electron chi connectivity index (χ1n) is 9.55. The molecule has 0 amide bonds. The summed E-state index contributed by atoms with van der Waals surface area (Å²) >= 11 is 1.13. The van der Waals surface area contributed by atoms with Gasteiger partial charge in [-0.05, 0) is 42.6 Å². The van der Waals surface area contributed by atoms with Crippen molar-refractivity contribution in [3.05, 3.63) is 63.3 Å². The van der Waals surface area contributed by atoms with Crippen molar-refractivity contribution in [3.8, 4) is 22.1 Å². The summed E-state index contributed by atoms with van der Waals surface area (Å²) in [5.41, 5.74) is 3.52. The molecule has 1 atom stereocenters. The first kappa shape index (κ1) is 17.5. The molecule has 1 N–H and O–H groups in total. The van der Waals surface area contributed by atoms with Crippen molar-refractivity contribution in [3.63, 3.8) is 0 Å². The number of benzene rings is 2. The average molecular weight is 395 g/mol. The fourth-order valence-corrected chi connectivity index (χ4v) is 4.61. The SMILES string of the molecule is O=c1[nH]nc(-c2ccc(CN3CCCC3c3ccc4c(c3)OCCO4)cc2)s1. The molecule has 0 aliphatic carbocycles. The van der Waals surface area contributed by atoms with Crippen LogP contribution in [0.4, 0.5) is 0 Å². The van der Waals surface area contributed by atoms with Crippen LogP contribution in [0.3, 0.4) is 0 Å². The molecule has 2 aromatic carbocycles. The van der Waals surface area contributed by atoms with Gasteiger partial charge in [-0.3, -0.25) is 9.69 Å². The lowest BCUT2D eigenvalue weighted by Gasteiger charge is -2.26. The normalized spacial score (nSPS) is 19.1. The van der Waals surface area contributed by atoms with E-state index in [-0.39, 0.29) is 4.87 Å². The molecule has 5 rings (SSSR count). The Kier molecular flexibility index (Phi) is 4.62. The summed E-state index contributed by atoms with van der Waals surface area (Å²) in [5.74, 6) is 1.70. The number of aromatic nitrogens is 2. The molecular formula is C21H21N3O3S. The van der Waals surface area contributed by atoms with Gasteiger partial charge in [0.25, 0.3) is 0 Å². The second kappa shape index (κ2) is 7.41. The van der Waals surface area contributed by atoms with Crippen molar-refractivity contribution < 1.29 is 9.47 Å². The van der Waals surface area contributed by atoms with Crippen LogP contribution in [0.1, 0.15) is 30.0 Å². The Morgan fingerprint density at radius 1 is 1.11 bits per heavy atom. The lowest BCUT2D eigenvalue weighted by Crippen LogP contribution is -2.23. The van der Waals surface area contributed by atoms with Crippen LogP contribution in [-0.2, 0) is 6.54 Å². The van der Waals surface area contributed by atoms with Gasteiger partial charge in [0.1, 0.15) is 18.2 Å². The second-order valence-electron chi connectivity index (χ2n) is 7.15. The molecule has 6 nitrogen and oxygen atoms in total. The van der Waals surface area contributed by atoms with Gasteiger partial charge >= 0.3 is 4.87 Å². The number of aromatic amines is 1. The van der Waals surface area contributed by atoms with Crippen molar-refractivity contribution in [2.75, 3.05) is 19.8 Å². The number of hydrogen-bond acceptors (Lipinski definition) is 6. The van der Waals surface area contributed by atoms with E-state index >= 15 is 0 Å². The fraction of sp³-hybridized carbons (Fsp3) is 0.333. The second-order valence-corrected chi connectivity index (χ2v) is 8.11. The van der Waals surface area contributed by atoms with Crippen molar-refractivity contribution in [1.82, 2.24) is 15.1 Å². The van der Waals surface area contributed by atoms with Gasteiger partial charge in [-0.2, -0.15) is 5.10 Å². The monoisotopic (exact) mass is 395 g/mol. The summed E-state index contributed by atoms with van der Waals surface area (Å²) in [6.45, 7) is 3.22. The highest BCUT2D eigenvalue weighted by molar-refractivity contribution is 7.12. The third kappa shape index (κ3) is 3.43. The maximum atomic E-state index is 11.3. The zero-order chi connectivity index (χ0) is 18.9. The number of ether oxygens (including phenoxy) is 2. The van der Waals surface area contributed by atoms with Crippen LogP contribution in [0.25, 0.3) is 10.6 Å². The topological polar surface area (TPSA) is 67.5 Å². The van der Waals surface area contributed by atoms with E-state index in [2.05, 4.69) is 39.4 Å². The molecule has 1 saturated heterocycles. The summed E-state index contributed by atoms with van der Waals surface area (Å²) in [4.78, 5) is 13.7. The smallest absolute Gasteiger partial charge is 0.322 e. The Labute approximate surface area is 166 Å². The van der Waals surface area contributed by atoms with Crippen molar-refractivity contribution in [2.24, 2.45) is 0 Å². The highest BCUT2D eigenvalue weighted by Crippen LogP contribution is 2.38. The molecule has 1 unspecified atom stereocenters. The summed E-state index contributed by atoms with van der Waals surface area (Å²) < 4.78 is 11.4. The van der Waals surface area contributed by atoms with Gasteiger partial charge in [-0.25, -0.2) is 5.10 Å². The number of likely N-dealkylation sites (tertiary alicyclic amines) is 1. The number of H-pyrrole nitrogens is 1. The summed E-state index contributed by atoms with van der Waals surface area (Å²) in [6, 6.07) is 15.1. The van der Waals surface area contributed by atoms with Crippen LogP contribution in [0, 0.1) is 0 Å². The number of nitrogens with one attached hydrogen (secondary N) is 1. The van der Waals surface area contributed by atoms with Crippen LogP contribution in [0.15, 0.2) is 47.3 Å². The van der Waals surface area contributed by atoms with E-state index in [1.807, 2.05) is 18.2 Å². The maximum absolute atomic E-state index is 11.3. The minimum absolute atomic E-state index is 0.126. The number of rotatable bonds is 4. The van der Waals surface area contributed by atoms with E-state index in [1.165, 1.54) is 17.5 Å². The third-order valence-corrected chi connectivity index (χ3v) is 6.14. The molecule has 1 aromatic heterocycles. The molecule has 7 heteroatoms. The van der Waals surface area contributed by atoms with Gasteiger partial charge in [-0.1, -0.05) is 41.7 Å². The van der Waals surface area contributed by atoms with E-state index < -0.39 is 0 Å². The van der Waals surface area contributed by atoms with E-state index in [0.29, 0.717) is 19.3 Å². The molecule has 144 valence electrons. The van der Waals surface area contributed by atoms with Gasteiger partial charge in [0.05, 0.1) is 0 Å². The summed E-state index contributed by atoms with van der Waals surface area (Å²) in [6.07, 6.45) is 2.34. The molecule has 0 radical (unpaired) electrons. The van der Waals surface area contributed by atoms with Crippen LogP contribution in [0.5, 0.6) is 11.5 Å². The van der Waals surface area contributed by atoms with Gasteiger partial charge in [0, 0.05) is 18.2 Å². The van der Waals surface area contributed by atoms with Crippen LogP contribution in [-0.4, -0.2) is 34.9 Å². The van der Waals surface area contributed by atoms with Gasteiger partial charge in [0.15, 0.2) is 11.5 Å². The summed E-state index contributed by atoms with van der Waals surface area (Å²) in [5, 5.41) is 7.25. The fourth-order valence-electron chi connectivity index (χ4n) is 4.00. The van der Waals surface area contributed by atoms with E-state index in [9.17, 15) is 4.79 Å². The van der Waals surface area contributed by atoms with Crippen LogP contribution < -0.4 is 14.3 Å². The van der Waals surface area contributed by atoms with E-state index in [0.717, 1.165) is 52.9 Å². The van der Waals surface area contributed by atoms with Gasteiger partial charge in [0.2, 0.25) is 0 Å². The molecule has 2 aliphatic heterocycles. The largest absolute Gasteiger partial charge is 0.486 e. The zero-order valence-electron chi connectivity index (χ0n) is 15.4. The third-order valence-electron chi connectivity index (χ3n) is 5.34. The van der Waals surface area contributed by atoms with Gasteiger partial charge in [-0.15, -0.1) is 0 Å². The molecule has 3 aromatic rings. The number of nitrogens with zero attached hydrogens (tertiary/aromatic N) is 2. The quantitative estimate of drug-likeness (QED) is 0.731. The molecule has 2 aliphatic rings. The minimum Gasteiger partial charge on any atom is -0.486 e. The molecule has 3 heterocycles. The van der Waals surface area contributed by atoms with E-state index in [1.54, 1.807) is 0 Å². The first-order chi connectivity index (χ1) is 13.8. The van der Waals surface area contributed by atoms with Crippen molar-refractivity contribution in [2.45, 2.75) is 25.4 Å². The molecule has 1 fully saturated rings. The van der Waals surface area contributed by atoms with Crippen molar-refractivity contribution >= 4 is 11.3 Å². The molecule has 28 heavy (non-hydrogen) atoms. The first-order valence-corrected chi connectivity index (χ1v) is 10.4. The Balaban J connectivity index is 1.32. The molecule has 0 spiro atoms. The molecular weight excluding hydrogens is 374 g/mol. The lowest BCUT2D eigenvalue weighted by molar-refractivity contribution is 0.170. The highest BCUT2D eigenvalue weighted by atomic mass is 32.1. The standard InChI is InChI=1S/C21H21N3O3S/c25-21-23-22-20(28-21)15-5-3-14(4-6-15)13-24-9-1-2-17(24)16-7-8-18-19(12-16)27-11-10-26-18/h3-8,12,17H,1-2,9-11,13H2,(H,23,25). The molecule has 0 saturated carbocycles. The molecule has 0 bridgehead atoms. The van der Waals surface area contributed by atoms with Gasteiger partial charge < -0.3 is 9.47 Å². The lowest BCUT2D eigenvalue weighted by atomic mass is 10.0. The number of fused-ring (bicyclic) bond motifs is 1. The Morgan fingerprint density at radius 3 is 2.71 bits per heavy atom. The number of hydrogen-bond donors (Lipinski definition) is 1.